The van der Waals surface area contributed by atoms with Crippen LogP contribution in [0.3, 0.4) is 0 Å². The van der Waals surface area contributed by atoms with E-state index in [9.17, 15) is 0 Å². The average Bonchev–Trinajstić information content (AvgIpc) is 2.73. The Morgan fingerprint density at radius 1 is 0.793 bits per heavy atom. The Hall–Kier alpha value is -3.28. The van der Waals surface area contributed by atoms with Crippen LogP contribution in [0, 0.1) is 13.8 Å². The van der Waals surface area contributed by atoms with Crippen molar-refractivity contribution < 1.29 is 9.47 Å². The van der Waals surface area contributed by atoms with E-state index in [1.165, 1.54) is 11.1 Å². The number of aromatic nitrogens is 2. The number of nitrogens with one attached hydrogen (secondary N) is 2. The first-order valence-corrected chi connectivity index (χ1v) is 9.67. The van der Waals surface area contributed by atoms with Crippen LogP contribution in [-0.4, -0.2) is 30.7 Å². The van der Waals surface area contributed by atoms with E-state index in [1.54, 1.807) is 14.2 Å². The predicted octanol–water partition coefficient (Wildman–Crippen LogP) is 4.38. The van der Waals surface area contributed by atoms with Gasteiger partial charge in [0.05, 0.1) is 14.2 Å². The maximum Gasteiger partial charge on any atom is 0.224 e. The summed E-state index contributed by atoms with van der Waals surface area (Å²) in [6.07, 6.45) is 0.823. The number of nitrogens with zero attached hydrogens (tertiary/aromatic N) is 2. The molecule has 0 fully saturated rings. The molecule has 0 aliphatic carbocycles. The number of aryl methyl sites for hydroxylation is 2. The van der Waals surface area contributed by atoms with Crippen molar-refractivity contribution in [3.05, 3.63) is 70.9 Å². The van der Waals surface area contributed by atoms with Crippen molar-refractivity contribution >= 4 is 11.8 Å². The zero-order valence-electron chi connectivity index (χ0n) is 17.5. The Labute approximate surface area is 172 Å². The maximum absolute atomic E-state index is 5.36. The van der Waals surface area contributed by atoms with Gasteiger partial charge in [0.15, 0.2) is 11.5 Å². The fourth-order valence-corrected chi connectivity index (χ4v) is 2.99. The highest BCUT2D eigenvalue weighted by atomic mass is 16.5. The monoisotopic (exact) mass is 392 g/mol. The summed E-state index contributed by atoms with van der Waals surface area (Å²) in [4.78, 5) is 9.07. The third kappa shape index (κ3) is 5.85. The third-order valence-corrected chi connectivity index (χ3v) is 4.59. The van der Waals surface area contributed by atoms with Crippen LogP contribution in [-0.2, 0) is 13.0 Å². The first kappa shape index (κ1) is 20.5. The zero-order valence-corrected chi connectivity index (χ0v) is 17.5. The summed E-state index contributed by atoms with van der Waals surface area (Å²) in [7, 11) is 3.28. The lowest BCUT2D eigenvalue weighted by atomic mass is 10.1. The van der Waals surface area contributed by atoms with Gasteiger partial charge in [0.2, 0.25) is 5.95 Å². The summed E-state index contributed by atoms with van der Waals surface area (Å²) >= 11 is 0. The summed E-state index contributed by atoms with van der Waals surface area (Å²) in [5.41, 5.74) is 4.54. The molecule has 6 nitrogen and oxygen atoms in total. The SMILES string of the molecule is COc1ccc(CCNc2nc(C)cc(NCc3ccc(C)cc3)n2)cc1OC. The van der Waals surface area contributed by atoms with Gasteiger partial charge in [-0.2, -0.15) is 4.98 Å². The standard InChI is InChI=1S/C23H28N4O2/c1-16-5-7-19(8-6-16)15-25-22-13-17(2)26-23(27-22)24-12-11-18-9-10-20(28-3)21(14-18)29-4/h5-10,13-14H,11-12,15H2,1-4H3,(H2,24,25,26,27). The number of anilines is 2. The Kier molecular flexibility index (Phi) is 6.89. The lowest BCUT2D eigenvalue weighted by Crippen LogP contribution is -2.10. The second-order valence-corrected chi connectivity index (χ2v) is 6.92. The van der Waals surface area contributed by atoms with Crippen molar-refractivity contribution in [1.29, 1.82) is 0 Å². The Balaban J connectivity index is 1.57. The van der Waals surface area contributed by atoms with Crippen LogP contribution in [0.15, 0.2) is 48.5 Å². The predicted molar refractivity (Wildman–Crippen MR) is 117 cm³/mol. The van der Waals surface area contributed by atoms with Gasteiger partial charge in [0.1, 0.15) is 5.82 Å². The molecule has 152 valence electrons. The van der Waals surface area contributed by atoms with Crippen LogP contribution in [0.4, 0.5) is 11.8 Å². The molecule has 1 aromatic heterocycles. The highest BCUT2D eigenvalue weighted by Crippen LogP contribution is 2.27. The molecule has 0 saturated heterocycles. The number of hydrogen-bond acceptors (Lipinski definition) is 6. The number of methoxy groups -OCH3 is 2. The molecule has 0 aliphatic rings. The minimum absolute atomic E-state index is 0.622. The van der Waals surface area contributed by atoms with Crippen LogP contribution >= 0.6 is 0 Å². The summed E-state index contributed by atoms with van der Waals surface area (Å²) in [6, 6.07) is 16.4. The fraction of sp³-hybridized carbons (Fsp3) is 0.304. The Morgan fingerprint density at radius 3 is 2.24 bits per heavy atom. The number of hydrogen-bond donors (Lipinski definition) is 2. The number of benzene rings is 2. The Morgan fingerprint density at radius 2 is 1.52 bits per heavy atom. The third-order valence-electron chi connectivity index (χ3n) is 4.59. The molecular formula is C23H28N4O2. The second-order valence-electron chi connectivity index (χ2n) is 6.92. The van der Waals surface area contributed by atoms with Gasteiger partial charge in [-0.05, 0) is 43.5 Å². The molecule has 0 atom stereocenters. The van der Waals surface area contributed by atoms with Crippen LogP contribution in [0.1, 0.15) is 22.4 Å². The van der Waals surface area contributed by atoms with Crippen molar-refractivity contribution in [2.45, 2.75) is 26.8 Å². The molecule has 6 heteroatoms. The van der Waals surface area contributed by atoms with Crippen molar-refractivity contribution in [1.82, 2.24) is 9.97 Å². The van der Waals surface area contributed by atoms with Crippen LogP contribution in [0.2, 0.25) is 0 Å². The summed E-state index contributed by atoms with van der Waals surface area (Å²) < 4.78 is 10.6. The first-order chi connectivity index (χ1) is 14.1. The highest BCUT2D eigenvalue weighted by Gasteiger charge is 2.06. The van der Waals surface area contributed by atoms with Crippen molar-refractivity contribution in [2.24, 2.45) is 0 Å². The normalized spacial score (nSPS) is 10.5. The van der Waals surface area contributed by atoms with Gasteiger partial charge in [-0.25, -0.2) is 4.98 Å². The van der Waals surface area contributed by atoms with E-state index in [4.69, 9.17) is 9.47 Å². The molecular weight excluding hydrogens is 364 g/mol. The minimum Gasteiger partial charge on any atom is -0.493 e. The van der Waals surface area contributed by atoms with E-state index in [0.717, 1.165) is 48.1 Å². The Bertz CT molecular complexity index is 942. The minimum atomic E-state index is 0.622. The number of rotatable bonds is 9. The van der Waals surface area contributed by atoms with Crippen LogP contribution in [0.5, 0.6) is 11.5 Å². The van der Waals surface area contributed by atoms with Crippen molar-refractivity contribution in [3.8, 4) is 11.5 Å². The van der Waals surface area contributed by atoms with Gasteiger partial charge < -0.3 is 20.1 Å². The second kappa shape index (κ2) is 9.78. The molecule has 0 spiro atoms. The molecule has 1 heterocycles. The molecule has 2 N–H and O–H groups in total. The van der Waals surface area contributed by atoms with E-state index in [0.29, 0.717) is 5.95 Å². The molecule has 3 aromatic rings. The average molecular weight is 393 g/mol. The topological polar surface area (TPSA) is 68.3 Å². The molecule has 0 saturated carbocycles. The fourth-order valence-electron chi connectivity index (χ4n) is 2.99. The molecule has 3 rings (SSSR count). The first-order valence-electron chi connectivity index (χ1n) is 9.67. The van der Waals surface area contributed by atoms with Crippen LogP contribution < -0.4 is 20.1 Å². The van der Waals surface area contributed by atoms with E-state index in [1.807, 2.05) is 31.2 Å². The molecule has 0 radical (unpaired) electrons. The smallest absolute Gasteiger partial charge is 0.224 e. The highest BCUT2D eigenvalue weighted by molar-refractivity contribution is 5.44. The zero-order chi connectivity index (χ0) is 20.6. The maximum atomic E-state index is 5.36. The molecule has 0 bridgehead atoms. The molecule has 2 aromatic carbocycles. The molecule has 29 heavy (non-hydrogen) atoms. The van der Waals surface area contributed by atoms with Gasteiger partial charge in [0, 0.05) is 24.8 Å². The van der Waals surface area contributed by atoms with Gasteiger partial charge in [-0.1, -0.05) is 35.9 Å². The van der Waals surface area contributed by atoms with Crippen LogP contribution in [0.25, 0.3) is 0 Å². The van der Waals surface area contributed by atoms with Crippen molar-refractivity contribution in [3.63, 3.8) is 0 Å². The molecule has 0 aliphatic heterocycles. The summed E-state index contributed by atoms with van der Waals surface area (Å²) in [5.74, 6) is 2.90. The van der Waals surface area contributed by atoms with Gasteiger partial charge in [-0.15, -0.1) is 0 Å². The largest absolute Gasteiger partial charge is 0.493 e. The van der Waals surface area contributed by atoms with Gasteiger partial charge in [-0.3, -0.25) is 0 Å². The van der Waals surface area contributed by atoms with E-state index in [-0.39, 0.29) is 0 Å². The van der Waals surface area contributed by atoms with Gasteiger partial charge >= 0.3 is 0 Å². The van der Waals surface area contributed by atoms with E-state index < -0.39 is 0 Å². The molecule has 0 unspecified atom stereocenters. The lowest BCUT2D eigenvalue weighted by molar-refractivity contribution is 0.354. The summed E-state index contributed by atoms with van der Waals surface area (Å²) in [5, 5.41) is 6.69. The summed E-state index contributed by atoms with van der Waals surface area (Å²) in [6.45, 7) is 5.50. The molecule has 0 amide bonds. The van der Waals surface area contributed by atoms with Crippen molar-refractivity contribution in [2.75, 3.05) is 31.4 Å². The number of ether oxygens (including phenoxy) is 2. The quantitative estimate of drug-likeness (QED) is 0.563. The lowest BCUT2D eigenvalue weighted by Gasteiger charge is -2.11. The van der Waals surface area contributed by atoms with E-state index in [2.05, 4.69) is 51.8 Å². The van der Waals surface area contributed by atoms with Gasteiger partial charge in [0.25, 0.3) is 0 Å². The van der Waals surface area contributed by atoms with E-state index >= 15 is 0 Å².